The molecule has 126 valence electrons. The van der Waals surface area contributed by atoms with Gasteiger partial charge in [0.2, 0.25) is 0 Å². The van der Waals surface area contributed by atoms with Crippen LogP contribution in [0.5, 0.6) is 0 Å². The van der Waals surface area contributed by atoms with Crippen molar-refractivity contribution >= 4 is 11.8 Å². The van der Waals surface area contributed by atoms with E-state index in [-0.39, 0.29) is 17.6 Å². The van der Waals surface area contributed by atoms with E-state index in [9.17, 15) is 14.7 Å². The van der Waals surface area contributed by atoms with Gasteiger partial charge in [-0.05, 0) is 62.1 Å². The van der Waals surface area contributed by atoms with Gasteiger partial charge < -0.3 is 5.11 Å². The Kier molecular flexibility index (Phi) is 5.28. The molecule has 1 N–H and O–H groups in total. The minimum Gasteiger partial charge on any atom is -0.481 e. The minimum absolute atomic E-state index is 0.0894. The van der Waals surface area contributed by atoms with E-state index >= 15 is 0 Å². The minimum atomic E-state index is -0.820. The molecule has 4 unspecified atom stereocenters. The summed E-state index contributed by atoms with van der Waals surface area (Å²) in [6.07, 6.45) is 1.86. The molecule has 23 heavy (non-hydrogen) atoms. The van der Waals surface area contributed by atoms with Gasteiger partial charge in [-0.1, -0.05) is 31.5 Å². The van der Waals surface area contributed by atoms with Crippen LogP contribution in [-0.4, -0.2) is 16.9 Å². The quantitative estimate of drug-likeness (QED) is 0.909. The molecule has 1 fully saturated rings. The van der Waals surface area contributed by atoms with Gasteiger partial charge >= 0.3 is 5.97 Å². The van der Waals surface area contributed by atoms with Gasteiger partial charge in [0.05, 0.1) is 5.92 Å². The predicted octanol–water partition coefficient (Wildman–Crippen LogP) is 4.11. The van der Waals surface area contributed by atoms with Crippen molar-refractivity contribution in [2.45, 2.75) is 53.9 Å². The molecule has 3 nitrogen and oxygen atoms in total. The van der Waals surface area contributed by atoms with Crippen molar-refractivity contribution < 1.29 is 14.7 Å². The van der Waals surface area contributed by atoms with Crippen molar-refractivity contribution in [2.75, 3.05) is 0 Å². The lowest BCUT2D eigenvalue weighted by Gasteiger charge is -2.37. The fraction of sp³-hybridized carbons (Fsp3) is 0.600. The Morgan fingerprint density at radius 3 is 2.17 bits per heavy atom. The van der Waals surface area contributed by atoms with E-state index in [1.165, 1.54) is 5.56 Å². The van der Waals surface area contributed by atoms with E-state index < -0.39 is 11.9 Å². The topological polar surface area (TPSA) is 54.4 Å². The highest BCUT2D eigenvalue weighted by Gasteiger charge is 2.42. The molecule has 1 aromatic rings. The summed E-state index contributed by atoms with van der Waals surface area (Å²) in [5, 5.41) is 9.52. The molecule has 0 amide bonds. The summed E-state index contributed by atoms with van der Waals surface area (Å²) in [5.41, 5.74) is 4.51. The standard InChI is InChI=1S/C20H28O3/c1-11-8-13(3)17(14(4)9-11)10-18(21)19-15(5)12(2)6-7-16(19)20(22)23/h8-9,12,15-16,19H,6-7,10H2,1-5H3,(H,22,23). The molecule has 1 aliphatic carbocycles. The Labute approximate surface area is 139 Å². The summed E-state index contributed by atoms with van der Waals surface area (Å²) in [6, 6.07) is 4.19. The maximum absolute atomic E-state index is 13.0. The van der Waals surface area contributed by atoms with Crippen molar-refractivity contribution in [3.63, 3.8) is 0 Å². The van der Waals surface area contributed by atoms with E-state index in [0.717, 1.165) is 23.1 Å². The Balaban J connectivity index is 2.29. The highest BCUT2D eigenvalue weighted by atomic mass is 16.4. The molecule has 1 saturated carbocycles. The zero-order valence-corrected chi connectivity index (χ0v) is 14.8. The highest BCUT2D eigenvalue weighted by Crippen LogP contribution is 2.40. The lowest BCUT2D eigenvalue weighted by Crippen LogP contribution is -2.41. The zero-order valence-electron chi connectivity index (χ0n) is 14.8. The molecular formula is C20H28O3. The van der Waals surface area contributed by atoms with E-state index in [1.54, 1.807) is 0 Å². The highest BCUT2D eigenvalue weighted by molar-refractivity contribution is 5.88. The van der Waals surface area contributed by atoms with Crippen molar-refractivity contribution in [3.05, 3.63) is 34.4 Å². The van der Waals surface area contributed by atoms with Crippen LogP contribution in [0.25, 0.3) is 0 Å². The molecule has 0 heterocycles. The number of ketones is 1. The van der Waals surface area contributed by atoms with Gasteiger partial charge in [0.25, 0.3) is 0 Å². The van der Waals surface area contributed by atoms with Crippen LogP contribution in [0.4, 0.5) is 0 Å². The van der Waals surface area contributed by atoms with Crippen LogP contribution >= 0.6 is 0 Å². The second kappa shape index (κ2) is 6.86. The molecule has 0 spiro atoms. The first-order valence-electron chi connectivity index (χ1n) is 8.54. The van der Waals surface area contributed by atoms with E-state index in [4.69, 9.17) is 0 Å². The van der Waals surface area contributed by atoms with Crippen molar-refractivity contribution in [1.29, 1.82) is 0 Å². The predicted molar refractivity (Wildman–Crippen MR) is 91.5 cm³/mol. The van der Waals surface area contributed by atoms with Crippen LogP contribution in [-0.2, 0) is 16.0 Å². The molecule has 1 aliphatic rings. The van der Waals surface area contributed by atoms with Gasteiger partial charge in [-0.3, -0.25) is 9.59 Å². The third-order valence-electron chi connectivity index (χ3n) is 5.71. The summed E-state index contributed by atoms with van der Waals surface area (Å²) < 4.78 is 0. The number of aryl methyl sites for hydroxylation is 3. The molecule has 3 heteroatoms. The van der Waals surface area contributed by atoms with Gasteiger partial charge in [0.15, 0.2) is 0 Å². The first-order valence-corrected chi connectivity index (χ1v) is 8.54. The summed E-state index contributed by atoms with van der Waals surface area (Å²) in [4.78, 5) is 24.6. The number of Topliss-reactive ketones (excluding diaryl/α,β-unsaturated/α-hetero) is 1. The van der Waals surface area contributed by atoms with Crippen LogP contribution in [0.3, 0.4) is 0 Å². The van der Waals surface area contributed by atoms with Gasteiger partial charge in [-0.2, -0.15) is 0 Å². The van der Waals surface area contributed by atoms with Crippen LogP contribution in [0, 0.1) is 44.4 Å². The Bertz CT molecular complexity index is 594. The smallest absolute Gasteiger partial charge is 0.307 e. The SMILES string of the molecule is Cc1cc(C)c(CC(=O)C2C(C(=O)O)CCC(C)C2C)c(C)c1. The van der Waals surface area contributed by atoms with Gasteiger partial charge in [-0.25, -0.2) is 0 Å². The fourth-order valence-electron chi connectivity index (χ4n) is 4.18. The molecule has 2 rings (SSSR count). The Morgan fingerprint density at radius 1 is 1.09 bits per heavy atom. The van der Waals surface area contributed by atoms with Crippen molar-refractivity contribution in [1.82, 2.24) is 0 Å². The number of carboxylic acids is 1. The first kappa shape index (κ1) is 17.7. The Morgan fingerprint density at radius 2 is 1.65 bits per heavy atom. The van der Waals surface area contributed by atoms with Crippen LogP contribution in [0.2, 0.25) is 0 Å². The first-order chi connectivity index (χ1) is 10.7. The summed E-state index contributed by atoms with van der Waals surface area (Å²) in [7, 11) is 0. The lowest BCUT2D eigenvalue weighted by atomic mass is 9.65. The number of aliphatic carboxylic acids is 1. The molecule has 0 aliphatic heterocycles. The third-order valence-corrected chi connectivity index (χ3v) is 5.71. The van der Waals surface area contributed by atoms with Crippen LogP contribution in [0.15, 0.2) is 12.1 Å². The second-order valence-electron chi connectivity index (χ2n) is 7.40. The molecule has 0 radical (unpaired) electrons. The van der Waals surface area contributed by atoms with Gasteiger partial charge in [-0.15, -0.1) is 0 Å². The molecule has 1 aromatic carbocycles. The van der Waals surface area contributed by atoms with Gasteiger partial charge in [0, 0.05) is 12.3 Å². The van der Waals surface area contributed by atoms with Gasteiger partial charge in [0.1, 0.15) is 5.78 Å². The van der Waals surface area contributed by atoms with E-state index in [0.29, 0.717) is 18.8 Å². The number of rotatable bonds is 4. The molecule has 0 aromatic heterocycles. The number of hydrogen-bond donors (Lipinski definition) is 1. The normalized spacial score (nSPS) is 27.7. The number of carboxylic acid groups (broad SMARTS) is 1. The van der Waals surface area contributed by atoms with Crippen LogP contribution in [0.1, 0.15) is 48.9 Å². The summed E-state index contributed by atoms with van der Waals surface area (Å²) in [5.74, 6) is -1.09. The number of benzene rings is 1. The summed E-state index contributed by atoms with van der Waals surface area (Å²) >= 11 is 0. The van der Waals surface area contributed by atoms with Crippen LogP contribution < -0.4 is 0 Å². The van der Waals surface area contributed by atoms with Crippen molar-refractivity contribution in [3.8, 4) is 0 Å². The average Bonchev–Trinajstić information content (AvgIpc) is 2.44. The monoisotopic (exact) mass is 316 g/mol. The molecule has 0 saturated heterocycles. The average molecular weight is 316 g/mol. The number of carbonyl (C=O) groups is 2. The fourth-order valence-corrected chi connectivity index (χ4v) is 4.18. The molecular weight excluding hydrogens is 288 g/mol. The lowest BCUT2D eigenvalue weighted by molar-refractivity contribution is -0.151. The zero-order chi connectivity index (χ0) is 17.3. The summed E-state index contributed by atoms with van der Waals surface area (Å²) in [6.45, 7) is 10.3. The third kappa shape index (κ3) is 3.65. The molecule has 0 bridgehead atoms. The second-order valence-corrected chi connectivity index (χ2v) is 7.40. The Hall–Kier alpha value is -1.64. The number of hydrogen-bond acceptors (Lipinski definition) is 2. The molecule has 4 atom stereocenters. The maximum atomic E-state index is 13.0. The van der Waals surface area contributed by atoms with E-state index in [1.807, 2.05) is 20.8 Å². The number of carbonyl (C=O) groups excluding carboxylic acids is 1. The van der Waals surface area contributed by atoms with E-state index in [2.05, 4.69) is 26.0 Å². The maximum Gasteiger partial charge on any atom is 0.307 e. The largest absolute Gasteiger partial charge is 0.481 e. The van der Waals surface area contributed by atoms with Crippen molar-refractivity contribution in [2.24, 2.45) is 23.7 Å².